The lowest BCUT2D eigenvalue weighted by Gasteiger charge is -2.11. The average molecular weight is 272 g/mol. The Labute approximate surface area is 116 Å². The molecule has 1 heterocycles. The number of methoxy groups -OCH3 is 1. The van der Waals surface area contributed by atoms with Crippen LogP contribution in [0.25, 0.3) is 0 Å². The van der Waals surface area contributed by atoms with Crippen molar-refractivity contribution in [1.82, 2.24) is 10.2 Å². The second-order valence-electron chi connectivity index (χ2n) is 4.27. The fourth-order valence-electron chi connectivity index (χ4n) is 1.85. The molecule has 3 N–H and O–H groups in total. The van der Waals surface area contributed by atoms with Gasteiger partial charge in [-0.3, -0.25) is 4.79 Å². The van der Waals surface area contributed by atoms with Crippen LogP contribution in [0.15, 0.2) is 29.1 Å². The van der Waals surface area contributed by atoms with Crippen LogP contribution in [0.5, 0.6) is 5.75 Å². The fourth-order valence-corrected chi connectivity index (χ4v) is 1.85. The van der Waals surface area contributed by atoms with Gasteiger partial charge in [0.15, 0.2) is 0 Å². The summed E-state index contributed by atoms with van der Waals surface area (Å²) in [7, 11) is 1.62. The van der Waals surface area contributed by atoms with Gasteiger partial charge in [-0.2, -0.15) is 5.10 Å². The molecular formula is C14H16N4O2. The number of aromatic amines is 1. The minimum atomic E-state index is -0.372. The molecule has 1 aromatic heterocycles. The van der Waals surface area contributed by atoms with E-state index < -0.39 is 0 Å². The summed E-state index contributed by atoms with van der Waals surface area (Å²) in [4.78, 5) is 11.6. The number of ether oxygens (including phenoxy) is 1. The lowest BCUT2D eigenvalue weighted by molar-refractivity contribution is 0.414. The van der Waals surface area contributed by atoms with Gasteiger partial charge < -0.3 is 15.5 Å². The second-order valence-corrected chi connectivity index (χ2v) is 4.27. The Morgan fingerprint density at radius 3 is 2.70 bits per heavy atom. The van der Waals surface area contributed by atoms with E-state index in [0.29, 0.717) is 17.9 Å². The number of aromatic nitrogens is 2. The van der Waals surface area contributed by atoms with E-state index in [9.17, 15) is 4.79 Å². The van der Waals surface area contributed by atoms with Crippen molar-refractivity contribution < 1.29 is 4.74 Å². The van der Waals surface area contributed by atoms with Crippen molar-refractivity contribution >= 4 is 11.9 Å². The average Bonchev–Trinajstić information content (AvgIpc) is 2.48. The Balaban J connectivity index is 2.20. The third-order valence-corrected chi connectivity index (χ3v) is 2.97. The quantitative estimate of drug-likeness (QED) is 0.722. The zero-order valence-electron chi connectivity index (χ0n) is 11.4. The number of benzene rings is 1. The zero-order chi connectivity index (χ0) is 14.5. The maximum atomic E-state index is 11.6. The molecule has 0 bridgehead atoms. The van der Waals surface area contributed by atoms with E-state index in [1.54, 1.807) is 14.0 Å². The molecule has 0 amide bonds. The predicted molar refractivity (Wildman–Crippen MR) is 77.8 cm³/mol. The van der Waals surface area contributed by atoms with Crippen molar-refractivity contribution in [2.45, 2.75) is 13.5 Å². The molecule has 0 aliphatic carbocycles. The van der Waals surface area contributed by atoms with Gasteiger partial charge in [-0.05, 0) is 24.6 Å². The van der Waals surface area contributed by atoms with Crippen molar-refractivity contribution in [3.8, 4) is 5.75 Å². The highest BCUT2D eigenvalue weighted by molar-refractivity contribution is 5.85. The van der Waals surface area contributed by atoms with E-state index >= 15 is 0 Å². The highest BCUT2D eigenvalue weighted by Crippen LogP contribution is 2.16. The van der Waals surface area contributed by atoms with Crippen LogP contribution in [0.4, 0.5) is 5.69 Å². The van der Waals surface area contributed by atoms with Gasteiger partial charge in [0.1, 0.15) is 5.75 Å². The fraction of sp³-hybridized carbons (Fsp3) is 0.214. The highest BCUT2D eigenvalue weighted by Gasteiger charge is 2.09. The van der Waals surface area contributed by atoms with E-state index in [-0.39, 0.29) is 11.1 Å². The van der Waals surface area contributed by atoms with Crippen molar-refractivity contribution in [2.24, 2.45) is 0 Å². The molecule has 0 spiro atoms. The van der Waals surface area contributed by atoms with Crippen LogP contribution in [0.3, 0.4) is 0 Å². The maximum absolute atomic E-state index is 11.6. The molecule has 0 saturated heterocycles. The third kappa shape index (κ3) is 2.85. The number of H-pyrrole nitrogens is 1. The standard InChI is InChI=1S/C14H16N4O2/c1-9-13(12(7-15)14(19)18-17-9)16-8-10-3-5-11(20-2)6-4-10/h3-7,15H,8H2,1-2H3,(H2,16,18,19). The molecule has 0 aliphatic heterocycles. The molecule has 6 nitrogen and oxygen atoms in total. The van der Waals surface area contributed by atoms with Gasteiger partial charge in [0.2, 0.25) is 0 Å². The number of anilines is 1. The molecule has 104 valence electrons. The lowest BCUT2D eigenvalue weighted by atomic mass is 10.2. The lowest BCUT2D eigenvalue weighted by Crippen LogP contribution is -2.19. The Morgan fingerprint density at radius 1 is 1.40 bits per heavy atom. The van der Waals surface area contributed by atoms with Gasteiger partial charge in [-0.1, -0.05) is 12.1 Å². The summed E-state index contributed by atoms with van der Waals surface area (Å²) in [5, 5.41) is 16.7. The minimum Gasteiger partial charge on any atom is -0.497 e. The van der Waals surface area contributed by atoms with Gasteiger partial charge in [-0.25, -0.2) is 5.10 Å². The Hall–Kier alpha value is -2.63. The summed E-state index contributed by atoms with van der Waals surface area (Å²) >= 11 is 0. The molecule has 1 aromatic carbocycles. The smallest absolute Gasteiger partial charge is 0.275 e. The molecule has 0 radical (unpaired) electrons. The summed E-state index contributed by atoms with van der Waals surface area (Å²) in [6.07, 6.45) is 1.03. The number of nitrogens with zero attached hydrogens (tertiary/aromatic N) is 1. The first-order valence-corrected chi connectivity index (χ1v) is 6.12. The van der Waals surface area contributed by atoms with Crippen LogP contribution >= 0.6 is 0 Å². The number of nitrogens with one attached hydrogen (secondary N) is 3. The van der Waals surface area contributed by atoms with E-state index in [2.05, 4.69) is 15.5 Å². The molecule has 0 saturated carbocycles. The maximum Gasteiger partial charge on any atom is 0.275 e. The van der Waals surface area contributed by atoms with Crippen molar-refractivity contribution in [3.63, 3.8) is 0 Å². The molecule has 0 unspecified atom stereocenters. The third-order valence-electron chi connectivity index (χ3n) is 2.97. The molecule has 0 atom stereocenters. The van der Waals surface area contributed by atoms with E-state index in [4.69, 9.17) is 10.1 Å². The second kappa shape index (κ2) is 6.01. The summed E-state index contributed by atoms with van der Waals surface area (Å²) in [5.41, 5.74) is 2.19. The van der Waals surface area contributed by atoms with Gasteiger partial charge in [0.25, 0.3) is 5.56 Å². The Bertz CT molecular complexity index is 662. The summed E-state index contributed by atoms with van der Waals surface area (Å²) in [6, 6.07) is 7.62. The van der Waals surface area contributed by atoms with Crippen molar-refractivity contribution in [3.05, 3.63) is 51.4 Å². The van der Waals surface area contributed by atoms with Gasteiger partial charge in [-0.15, -0.1) is 0 Å². The van der Waals surface area contributed by atoms with Gasteiger partial charge in [0.05, 0.1) is 24.1 Å². The molecule has 0 aliphatic rings. The minimum absolute atomic E-state index is 0.283. The van der Waals surface area contributed by atoms with E-state index in [0.717, 1.165) is 17.5 Å². The molecule has 2 rings (SSSR count). The first-order chi connectivity index (χ1) is 9.65. The molecule has 2 aromatic rings. The first kappa shape index (κ1) is 13.8. The highest BCUT2D eigenvalue weighted by atomic mass is 16.5. The Kier molecular flexibility index (Phi) is 4.14. The zero-order valence-corrected chi connectivity index (χ0v) is 11.4. The van der Waals surface area contributed by atoms with Crippen molar-refractivity contribution in [1.29, 1.82) is 5.41 Å². The number of hydrogen-bond acceptors (Lipinski definition) is 5. The topological polar surface area (TPSA) is 90.9 Å². The number of rotatable bonds is 5. The van der Waals surface area contributed by atoms with Crippen LogP contribution in [0, 0.1) is 12.3 Å². The molecule has 6 heteroatoms. The van der Waals surface area contributed by atoms with Crippen LogP contribution < -0.4 is 15.6 Å². The summed E-state index contributed by atoms with van der Waals surface area (Å²) in [5.74, 6) is 0.794. The van der Waals surface area contributed by atoms with Gasteiger partial charge >= 0.3 is 0 Å². The SMILES string of the molecule is COc1ccc(CNc2c(C)n[nH]c(=O)c2C=N)cc1. The predicted octanol–water partition coefficient (Wildman–Crippen LogP) is 1.70. The monoisotopic (exact) mass is 272 g/mol. The molecule has 20 heavy (non-hydrogen) atoms. The van der Waals surface area contributed by atoms with E-state index in [1.165, 1.54) is 0 Å². The normalized spacial score (nSPS) is 10.1. The van der Waals surface area contributed by atoms with Crippen molar-refractivity contribution in [2.75, 3.05) is 12.4 Å². The molecule has 0 fully saturated rings. The van der Waals surface area contributed by atoms with E-state index in [1.807, 2.05) is 24.3 Å². The van der Waals surface area contributed by atoms with Crippen LogP contribution in [-0.4, -0.2) is 23.5 Å². The van der Waals surface area contributed by atoms with Crippen LogP contribution in [0.2, 0.25) is 0 Å². The van der Waals surface area contributed by atoms with Gasteiger partial charge in [0, 0.05) is 12.8 Å². The number of aryl methyl sites for hydroxylation is 1. The number of hydrogen-bond donors (Lipinski definition) is 3. The Morgan fingerprint density at radius 2 is 2.10 bits per heavy atom. The largest absolute Gasteiger partial charge is 0.497 e. The van der Waals surface area contributed by atoms with Crippen LogP contribution in [-0.2, 0) is 6.54 Å². The first-order valence-electron chi connectivity index (χ1n) is 6.12. The van der Waals surface area contributed by atoms with Crippen LogP contribution in [0.1, 0.15) is 16.8 Å². The molecular weight excluding hydrogens is 256 g/mol. The summed E-state index contributed by atoms with van der Waals surface area (Å²) < 4.78 is 5.10. The summed E-state index contributed by atoms with van der Waals surface area (Å²) in [6.45, 7) is 2.32.